The van der Waals surface area contributed by atoms with Crippen LogP contribution in [0.3, 0.4) is 0 Å². The van der Waals surface area contributed by atoms with Crippen molar-refractivity contribution in [1.29, 1.82) is 0 Å². The smallest absolute Gasteiger partial charge is 0.315 e. The largest absolute Gasteiger partial charge is 0.494 e. The lowest BCUT2D eigenvalue weighted by molar-refractivity contribution is 0.236. The van der Waals surface area contributed by atoms with Crippen LogP contribution in [-0.4, -0.2) is 25.8 Å². The number of hydrogen-bond acceptors (Lipinski definition) is 3. The second-order valence-electron chi connectivity index (χ2n) is 6.61. The van der Waals surface area contributed by atoms with Crippen molar-refractivity contribution in [2.45, 2.75) is 40.2 Å². The molecule has 2 aromatic rings. The normalized spacial score (nSPS) is 11.6. The van der Waals surface area contributed by atoms with Gasteiger partial charge in [-0.2, -0.15) is 0 Å². The number of carbonyl (C=O) groups is 1. The fourth-order valence-electron chi connectivity index (χ4n) is 2.72. The predicted octanol–water partition coefficient (Wildman–Crippen LogP) is 4.53. The minimum absolute atomic E-state index is 0.143. The molecule has 0 saturated heterocycles. The van der Waals surface area contributed by atoms with Crippen molar-refractivity contribution in [3.63, 3.8) is 0 Å². The van der Waals surface area contributed by atoms with Gasteiger partial charge in [-0.3, -0.25) is 0 Å². The Kier molecular flexibility index (Phi) is 7.99. The molecule has 1 unspecified atom stereocenters. The quantitative estimate of drug-likeness (QED) is 0.638. The van der Waals surface area contributed by atoms with Crippen molar-refractivity contribution in [1.82, 2.24) is 10.6 Å². The number of benzene rings is 2. The van der Waals surface area contributed by atoms with Crippen LogP contribution < -0.4 is 20.1 Å². The van der Waals surface area contributed by atoms with Gasteiger partial charge in [0.15, 0.2) is 0 Å². The number of hydrogen-bond donors (Lipinski definition) is 2. The molecule has 2 N–H and O–H groups in total. The van der Waals surface area contributed by atoms with E-state index in [0.29, 0.717) is 19.8 Å². The molecule has 2 amide bonds. The fourth-order valence-corrected chi connectivity index (χ4v) is 2.72. The highest BCUT2D eigenvalue weighted by molar-refractivity contribution is 5.74. The zero-order valence-corrected chi connectivity index (χ0v) is 16.7. The van der Waals surface area contributed by atoms with Crippen LogP contribution in [0.5, 0.6) is 11.5 Å². The van der Waals surface area contributed by atoms with Crippen LogP contribution in [-0.2, 0) is 0 Å². The summed E-state index contributed by atoms with van der Waals surface area (Å²) in [6.07, 6.45) is 0.740. The summed E-state index contributed by atoms with van der Waals surface area (Å²) in [5, 5.41) is 5.84. The maximum absolute atomic E-state index is 12.1. The molecule has 0 saturated carbocycles. The van der Waals surface area contributed by atoms with Gasteiger partial charge in [0.1, 0.15) is 11.5 Å². The van der Waals surface area contributed by atoms with Gasteiger partial charge in [-0.1, -0.05) is 35.4 Å². The van der Waals surface area contributed by atoms with Gasteiger partial charge < -0.3 is 20.1 Å². The van der Waals surface area contributed by atoms with Crippen LogP contribution in [0.15, 0.2) is 42.5 Å². The van der Waals surface area contributed by atoms with E-state index in [4.69, 9.17) is 9.47 Å². The molecular formula is C22H30N2O3. The number of urea groups is 1. The zero-order chi connectivity index (χ0) is 19.6. The van der Waals surface area contributed by atoms with Gasteiger partial charge in [-0.15, -0.1) is 0 Å². The summed E-state index contributed by atoms with van der Waals surface area (Å²) in [5.74, 6) is 1.66. The second-order valence-corrected chi connectivity index (χ2v) is 6.61. The predicted molar refractivity (Wildman–Crippen MR) is 109 cm³/mol. The standard InChI is InChI=1S/C22H30N2O3/c1-5-26-21-12-9-17(3)15-20(21)18(4)24-22(25)23-13-6-14-27-19-10-7-16(2)8-11-19/h7-12,15,18H,5-6,13-14H2,1-4H3,(H2,23,24,25). The van der Waals surface area contributed by atoms with Crippen LogP contribution in [0.2, 0.25) is 0 Å². The van der Waals surface area contributed by atoms with E-state index in [1.165, 1.54) is 5.56 Å². The van der Waals surface area contributed by atoms with E-state index < -0.39 is 0 Å². The van der Waals surface area contributed by atoms with Crippen LogP contribution in [0, 0.1) is 13.8 Å². The van der Waals surface area contributed by atoms with Crippen molar-refractivity contribution in [2.75, 3.05) is 19.8 Å². The van der Waals surface area contributed by atoms with Gasteiger partial charge in [-0.05, 0) is 52.3 Å². The lowest BCUT2D eigenvalue weighted by atomic mass is 10.0. The minimum Gasteiger partial charge on any atom is -0.494 e. The Hall–Kier alpha value is -2.69. The number of aryl methyl sites for hydroxylation is 2. The SMILES string of the molecule is CCOc1ccc(C)cc1C(C)NC(=O)NCCCOc1ccc(C)cc1. The highest BCUT2D eigenvalue weighted by Crippen LogP contribution is 2.26. The first-order chi connectivity index (χ1) is 13.0. The number of amides is 2. The van der Waals surface area contributed by atoms with E-state index in [1.54, 1.807) is 0 Å². The Bertz CT molecular complexity index is 729. The first-order valence-electron chi connectivity index (χ1n) is 9.46. The van der Waals surface area contributed by atoms with E-state index in [2.05, 4.69) is 10.6 Å². The number of nitrogens with one attached hydrogen (secondary N) is 2. The van der Waals surface area contributed by atoms with E-state index in [0.717, 1.165) is 29.0 Å². The molecule has 0 heterocycles. The Labute approximate surface area is 162 Å². The van der Waals surface area contributed by atoms with Crippen LogP contribution in [0.1, 0.15) is 43.0 Å². The average Bonchev–Trinajstić information content (AvgIpc) is 2.64. The molecule has 5 nitrogen and oxygen atoms in total. The van der Waals surface area contributed by atoms with Gasteiger partial charge in [0.05, 0.1) is 19.3 Å². The van der Waals surface area contributed by atoms with Crippen molar-refractivity contribution >= 4 is 6.03 Å². The average molecular weight is 370 g/mol. The van der Waals surface area contributed by atoms with Gasteiger partial charge >= 0.3 is 6.03 Å². The third kappa shape index (κ3) is 6.85. The van der Waals surface area contributed by atoms with Crippen LogP contribution in [0.4, 0.5) is 4.79 Å². The van der Waals surface area contributed by atoms with Gasteiger partial charge in [-0.25, -0.2) is 4.79 Å². The molecule has 146 valence electrons. The molecule has 5 heteroatoms. The lowest BCUT2D eigenvalue weighted by Crippen LogP contribution is -2.38. The van der Waals surface area contributed by atoms with Crippen molar-refractivity contribution in [2.24, 2.45) is 0 Å². The third-order valence-corrected chi connectivity index (χ3v) is 4.18. The van der Waals surface area contributed by atoms with Crippen molar-refractivity contribution < 1.29 is 14.3 Å². The minimum atomic E-state index is -0.193. The summed E-state index contributed by atoms with van der Waals surface area (Å²) < 4.78 is 11.3. The first kappa shape index (κ1) is 20.6. The third-order valence-electron chi connectivity index (χ3n) is 4.18. The summed E-state index contributed by atoms with van der Waals surface area (Å²) in [7, 11) is 0. The Morgan fingerprint density at radius 2 is 1.74 bits per heavy atom. The van der Waals surface area contributed by atoms with Gasteiger partial charge in [0, 0.05) is 12.1 Å². The summed E-state index contributed by atoms with van der Waals surface area (Å²) >= 11 is 0. The summed E-state index contributed by atoms with van der Waals surface area (Å²) in [5.41, 5.74) is 3.32. The fraction of sp³-hybridized carbons (Fsp3) is 0.409. The molecule has 0 spiro atoms. The van der Waals surface area contributed by atoms with E-state index in [9.17, 15) is 4.79 Å². The first-order valence-corrected chi connectivity index (χ1v) is 9.46. The number of rotatable bonds is 9. The monoisotopic (exact) mass is 370 g/mol. The van der Waals surface area contributed by atoms with Crippen LogP contribution in [0.25, 0.3) is 0 Å². The van der Waals surface area contributed by atoms with Crippen molar-refractivity contribution in [3.8, 4) is 11.5 Å². The van der Waals surface area contributed by atoms with Gasteiger partial charge in [0.25, 0.3) is 0 Å². The molecule has 2 aromatic carbocycles. The number of ether oxygens (including phenoxy) is 2. The van der Waals surface area contributed by atoms with E-state index in [1.807, 2.05) is 70.2 Å². The Morgan fingerprint density at radius 3 is 2.44 bits per heavy atom. The van der Waals surface area contributed by atoms with Gasteiger partial charge in [0.2, 0.25) is 0 Å². The maximum Gasteiger partial charge on any atom is 0.315 e. The summed E-state index contributed by atoms with van der Waals surface area (Å²) in [4.78, 5) is 12.1. The number of carbonyl (C=O) groups excluding carboxylic acids is 1. The molecule has 0 fully saturated rings. The molecule has 0 aliphatic rings. The topological polar surface area (TPSA) is 59.6 Å². The summed E-state index contributed by atoms with van der Waals surface area (Å²) in [6.45, 7) is 9.68. The summed E-state index contributed by atoms with van der Waals surface area (Å²) in [6, 6.07) is 13.6. The Morgan fingerprint density at radius 1 is 1.04 bits per heavy atom. The molecule has 0 radical (unpaired) electrons. The van der Waals surface area contributed by atoms with Crippen molar-refractivity contribution in [3.05, 3.63) is 59.2 Å². The zero-order valence-electron chi connectivity index (χ0n) is 16.7. The molecule has 0 aromatic heterocycles. The van der Waals surface area contributed by atoms with E-state index >= 15 is 0 Å². The molecule has 27 heavy (non-hydrogen) atoms. The molecular weight excluding hydrogens is 340 g/mol. The molecule has 1 atom stereocenters. The second kappa shape index (κ2) is 10.5. The highest BCUT2D eigenvalue weighted by atomic mass is 16.5. The molecule has 2 rings (SSSR count). The molecule has 0 aliphatic carbocycles. The van der Waals surface area contributed by atoms with Crippen LogP contribution >= 0.6 is 0 Å². The highest BCUT2D eigenvalue weighted by Gasteiger charge is 2.14. The van der Waals surface area contributed by atoms with E-state index in [-0.39, 0.29) is 12.1 Å². The maximum atomic E-state index is 12.1. The Balaban J connectivity index is 1.73. The molecule has 0 aliphatic heterocycles. The lowest BCUT2D eigenvalue weighted by Gasteiger charge is -2.19. The molecule has 0 bridgehead atoms.